The summed E-state index contributed by atoms with van der Waals surface area (Å²) in [5, 5.41) is 4.75. The lowest BCUT2D eigenvalue weighted by Crippen LogP contribution is -2.42. The molecule has 0 saturated heterocycles. The Labute approximate surface area is 181 Å². The summed E-state index contributed by atoms with van der Waals surface area (Å²) in [5.74, 6) is -1.02. The molecule has 0 atom stereocenters. The Bertz CT molecular complexity index is 1120. The number of carbonyl (C=O) groups is 2. The second-order valence-electron chi connectivity index (χ2n) is 6.80. The van der Waals surface area contributed by atoms with E-state index in [-0.39, 0.29) is 12.1 Å². The van der Waals surface area contributed by atoms with Gasteiger partial charge < -0.3 is 0 Å². The van der Waals surface area contributed by atoms with E-state index >= 15 is 0 Å². The van der Waals surface area contributed by atoms with Crippen molar-refractivity contribution in [2.45, 2.75) is 26.4 Å². The molecule has 0 spiro atoms. The fourth-order valence-corrected chi connectivity index (χ4v) is 3.13. The minimum atomic E-state index is -4.48. The van der Waals surface area contributed by atoms with Crippen LogP contribution in [0.1, 0.15) is 32.9 Å². The van der Waals surface area contributed by atoms with Crippen molar-refractivity contribution in [1.82, 2.24) is 20.6 Å². The van der Waals surface area contributed by atoms with Crippen LogP contribution >= 0.6 is 11.6 Å². The lowest BCUT2D eigenvalue weighted by atomic mass is 10.1. The van der Waals surface area contributed by atoms with Gasteiger partial charge in [-0.25, -0.2) is 4.68 Å². The van der Waals surface area contributed by atoms with Gasteiger partial charge in [-0.2, -0.15) is 18.3 Å². The Kier molecular flexibility index (Phi) is 6.35. The first kappa shape index (κ1) is 22.4. The third kappa shape index (κ3) is 5.24. The summed E-state index contributed by atoms with van der Waals surface area (Å²) in [6, 6.07) is 10.9. The number of alkyl halides is 3. The van der Waals surface area contributed by atoms with Gasteiger partial charge in [0.2, 0.25) is 5.91 Å². The maximum atomic E-state index is 13.0. The fourth-order valence-electron chi connectivity index (χ4n) is 3.00. The lowest BCUT2D eigenvalue weighted by Gasteiger charge is -2.10. The van der Waals surface area contributed by atoms with E-state index in [1.54, 1.807) is 26.0 Å². The maximum Gasteiger partial charge on any atom is 0.416 e. The Morgan fingerprint density at radius 2 is 1.74 bits per heavy atom. The predicted molar refractivity (Wildman–Crippen MR) is 109 cm³/mol. The summed E-state index contributed by atoms with van der Waals surface area (Å²) < 4.78 is 40.4. The monoisotopic (exact) mass is 450 g/mol. The number of nitrogens with one attached hydrogen (secondary N) is 2. The summed E-state index contributed by atoms with van der Waals surface area (Å²) in [7, 11) is 0. The number of aryl methyl sites for hydroxylation is 1. The number of hydrogen-bond acceptors (Lipinski definition) is 3. The fraction of sp³-hybridized carbons (Fsp3) is 0.190. The Hall–Kier alpha value is -3.33. The molecule has 6 nitrogen and oxygen atoms in total. The molecule has 2 N–H and O–H groups in total. The molecule has 1 heterocycles. The highest BCUT2D eigenvalue weighted by molar-refractivity contribution is 6.30. The zero-order valence-electron chi connectivity index (χ0n) is 16.5. The zero-order chi connectivity index (χ0) is 22.8. The van der Waals surface area contributed by atoms with Crippen molar-refractivity contribution in [3.05, 3.63) is 81.6 Å². The maximum absolute atomic E-state index is 13.0. The molecule has 0 aliphatic rings. The molecule has 0 aliphatic carbocycles. The largest absolute Gasteiger partial charge is 0.416 e. The van der Waals surface area contributed by atoms with Crippen LogP contribution < -0.4 is 10.9 Å². The number of rotatable bonds is 4. The molecular weight excluding hydrogens is 433 g/mol. The smallest absolute Gasteiger partial charge is 0.273 e. The molecule has 1 aromatic heterocycles. The van der Waals surface area contributed by atoms with E-state index in [0.717, 1.165) is 12.1 Å². The number of aromatic nitrogens is 2. The molecular formula is C21H18ClF3N4O2. The lowest BCUT2D eigenvalue weighted by molar-refractivity contribution is -0.137. The highest BCUT2D eigenvalue weighted by Gasteiger charge is 2.30. The molecule has 0 bridgehead atoms. The number of hydrazine groups is 1. The van der Waals surface area contributed by atoms with E-state index in [4.69, 9.17) is 11.6 Å². The highest BCUT2D eigenvalue weighted by atomic mass is 35.5. The molecule has 0 aliphatic heterocycles. The van der Waals surface area contributed by atoms with Crippen LogP contribution in [0, 0.1) is 13.8 Å². The first-order valence-electron chi connectivity index (χ1n) is 9.13. The van der Waals surface area contributed by atoms with Crippen molar-refractivity contribution in [2.75, 3.05) is 0 Å². The van der Waals surface area contributed by atoms with Crippen molar-refractivity contribution in [3.63, 3.8) is 0 Å². The zero-order valence-corrected chi connectivity index (χ0v) is 17.3. The molecule has 3 aromatic rings. The second-order valence-corrected chi connectivity index (χ2v) is 7.23. The minimum absolute atomic E-state index is 0.114. The molecule has 0 saturated carbocycles. The van der Waals surface area contributed by atoms with Gasteiger partial charge in [-0.15, -0.1) is 0 Å². The average molecular weight is 451 g/mol. The van der Waals surface area contributed by atoms with Gasteiger partial charge in [0.25, 0.3) is 5.91 Å². The molecule has 2 amide bonds. The first-order chi connectivity index (χ1) is 14.6. The second kappa shape index (κ2) is 8.81. The summed E-state index contributed by atoms with van der Waals surface area (Å²) in [4.78, 5) is 24.4. The number of halogens is 4. The summed E-state index contributed by atoms with van der Waals surface area (Å²) in [6.07, 6.45) is -4.59. The normalized spacial score (nSPS) is 11.3. The standard InChI is InChI=1S/C21H18ClF3N4O2/c1-12-18(11-19(30)26-27-20(31)14-6-8-16(22)9-7-14)13(2)29(28-12)17-5-3-4-15(10-17)21(23,24)25/h3-10H,11H2,1-2H3,(H,26,30)(H,27,31). The van der Waals surface area contributed by atoms with Crippen LogP contribution in [0.2, 0.25) is 5.02 Å². The number of benzene rings is 2. The number of amides is 2. The topological polar surface area (TPSA) is 76.0 Å². The van der Waals surface area contributed by atoms with Crippen LogP contribution in [0.15, 0.2) is 48.5 Å². The van der Waals surface area contributed by atoms with Crippen LogP contribution in [-0.4, -0.2) is 21.6 Å². The van der Waals surface area contributed by atoms with Gasteiger partial charge in [0.15, 0.2) is 0 Å². The van der Waals surface area contributed by atoms with Gasteiger partial charge >= 0.3 is 6.18 Å². The van der Waals surface area contributed by atoms with E-state index in [9.17, 15) is 22.8 Å². The van der Waals surface area contributed by atoms with E-state index in [0.29, 0.717) is 27.5 Å². The molecule has 3 rings (SSSR count). The molecule has 10 heteroatoms. The molecule has 0 fully saturated rings. The molecule has 2 aromatic carbocycles. The van der Waals surface area contributed by atoms with Gasteiger partial charge in [0.1, 0.15) is 0 Å². The Morgan fingerprint density at radius 1 is 1.06 bits per heavy atom. The Balaban J connectivity index is 1.71. The third-order valence-electron chi connectivity index (χ3n) is 4.62. The number of nitrogens with zero attached hydrogens (tertiary/aromatic N) is 2. The van der Waals surface area contributed by atoms with Gasteiger partial charge in [0, 0.05) is 21.8 Å². The van der Waals surface area contributed by atoms with E-state index in [1.165, 1.54) is 28.9 Å². The third-order valence-corrected chi connectivity index (χ3v) is 4.87. The predicted octanol–water partition coefficient (Wildman–Crippen LogP) is 4.17. The summed E-state index contributed by atoms with van der Waals surface area (Å²) in [6.45, 7) is 3.32. The van der Waals surface area contributed by atoms with Gasteiger partial charge in [0.05, 0.1) is 23.4 Å². The number of carbonyl (C=O) groups excluding carboxylic acids is 2. The summed E-state index contributed by atoms with van der Waals surface area (Å²) >= 11 is 5.78. The van der Waals surface area contributed by atoms with Crippen LogP contribution in [-0.2, 0) is 17.4 Å². The van der Waals surface area contributed by atoms with Crippen molar-refractivity contribution < 1.29 is 22.8 Å². The molecule has 0 unspecified atom stereocenters. The quantitative estimate of drug-likeness (QED) is 0.586. The summed E-state index contributed by atoms with van der Waals surface area (Å²) in [5.41, 5.74) is 5.95. The van der Waals surface area contributed by atoms with Crippen LogP contribution in [0.25, 0.3) is 5.69 Å². The van der Waals surface area contributed by atoms with Gasteiger partial charge in [-0.05, 0) is 56.3 Å². The van der Waals surface area contributed by atoms with Crippen LogP contribution in [0.3, 0.4) is 0 Å². The number of hydrogen-bond donors (Lipinski definition) is 2. The van der Waals surface area contributed by atoms with Gasteiger partial charge in [-0.3, -0.25) is 20.4 Å². The van der Waals surface area contributed by atoms with Crippen molar-refractivity contribution in [2.24, 2.45) is 0 Å². The van der Waals surface area contributed by atoms with E-state index in [2.05, 4.69) is 16.0 Å². The van der Waals surface area contributed by atoms with Crippen LogP contribution in [0.5, 0.6) is 0 Å². The highest BCUT2D eigenvalue weighted by Crippen LogP contribution is 2.30. The van der Waals surface area contributed by atoms with Gasteiger partial charge in [-0.1, -0.05) is 17.7 Å². The van der Waals surface area contributed by atoms with Crippen molar-refractivity contribution >= 4 is 23.4 Å². The van der Waals surface area contributed by atoms with Crippen molar-refractivity contribution in [3.8, 4) is 5.69 Å². The minimum Gasteiger partial charge on any atom is -0.273 e. The molecule has 31 heavy (non-hydrogen) atoms. The average Bonchev–Trinajstić information content (AvgIpc) is 3.00. The first-order valence-corrected chi connectivity index (χ1v) is 9.51. The van der Waals surface area contributed by atoms with E-state index in [1.807, 2.05) is 0 Å². The van der Waals surface area contributed by atoms with E-state index < -0.39 is 23.6 Å². The molecule has 162 valence electrons. The Morgan fingerprint density at radius 3 is 2.39 bits per heavy atom. The SMILES string of the molecule is Cc1nn(-c2cccc(C(F)(F)F)c2)c(C)c1CC(=O)NNC(=O)c1ccc(Cl)cc1. The molecule has 0 radical (unpaired) electrons. The van der Waals surface area contributed by atoms with Crippen LogP contribution in [0.4, 0.5) is 13.2 Å². The van der Waals surface area contributed by atoms with Crippen molar-refractivity contribution in [1.29, 1.82) is 0 Å².